The Morgan fingerprint density at radius 1 is 1.31 bits per heavy atom. The molecule has 1 heterocycles. The van der Waals surface area contributed by atoms with Crippen molar-refractivity contribution >= 4 is 0 Å². The smallest absolute Gasteiger partial charge is 0.0378 e. The minimum atomic E-state index is 0.631. The fourth-order valence-corrected chi connectivity index (χ4v) is 2.17. The third-order valence-corrected chi connectivity index (χ3v) is 3.05. The van der Waals surface area contributed by atoms with Crippen LogP contribution in [0, 0.1) is 5.92 Å². The molecule has 0 bridgehead atoms. The van der Waals surface area contributed by atoms with Crippen LogP contribution in [-0.2, 0) is 0 Å². The van der Waals surface area contributed by atoms with Crippen LogP contribution in [0.4, 0.5) is 0 Å². The molecule has 1 N–H and O–H groups in total. The van der Waals surface area contributed by atoms with Gasteiger partial charge < -0.3 is 5.32 Å². The zero-order valence-electron chi connectivity index (χ0n) is 9.82. The summed E-state index contributed by atoms with van der Waals surface area (Å²) in [5, 5.41) is 3.44. The number of dihydropyridines is 1. The molecule has 2 rings (SSSR count). The van der Waals surface area contributed by atoms with Crippen molar-refractivity contribution in [2.45, 2.75) is 19.8 Å². The molecular formula is C15H19N. The van der Waals surface area contributed by atoms with E-state index in [2.05, 4.69) is 60.8 Å². The van der Waals surface area contributed by atoms with Crippen molar-refractivity contribution in [3.8, 4) is 0 Å². The van der Waals surface area contributed by atoms with Crippen LogP contribution in [0.5, 0.6) is 0 Å². The van der Waals surface area contributed by atoms with Crippen molar-refractivity contribution < 1.29 is 0 Å². The van der Waals surface area contributed by atoms with Crippen molar-refractivity contribution in [1.29, 1.82) is 0 Å². The first-order chi connectivity index (χ1) is 7.92. The molecular weight excluding hydrogens is 194 g/mol. The topological polar surface area (TPSA) is 12.0 Å². The van der Waals surface area contributed by atoms with E-state index in [1.54, 1.807) is 0 Å². The van der Waals surface area contributed by atoms with Crippen LogP contribution in [0.1, 0.15) is 19.8 Å². The molecule has 0 saturated heterocycles. The van der Waals surface area contributed by atoms with Crippen LogP contribution >= 0.6 is 0 Å². The highest BCUT2D eigenvalue weighted by Gasteiger charge is 2.17. The molecule has 0 amide bonds. The van der Waals surface area contributed by atoms with Crippen molar-refractivity contribution in [3.05, 3.63) is 59.9 Å². The Hall–Kier alpha value is -1.50. The van der Waals surface area contributed by atoms with E-state index in [0.29, 0.717) is 5.92 Å². The van der Waals surface area contributed by atoms with Gasteiger partial charge in [0.05, 0.1) is 0 Å². The molecule has 0 aromatic rings. The molecule has 1 nitrogen and oxygen atoms in total. The molecule has 0 spiro atoms. The quantitative estimate of drug-likeness (QED) is 0.707. The minimum Gasteiger partial charge on any atom is -0.381 e. The van der Waals surface area contributed by atoms with Gasteiger partial charge in [0.15, 0.2) is 0 Å². The molecule has 0 aromatic carbocycles. The summed E-state index contributed by atoms with van der Waals surface area (Å²) in [5.41, 5.74) is 2.74. The Labute approximate surface area is 97.9 Å². The lowest BCUT2D eigenvalue weighted by molar-refractivity contribution is 0.619. The fraction of sp³-hybridized carbons (Fsp3) is 0.333. The van der Waals surface area contributed by atoms with Crippen LogP contribution in [0.3, 0.4) is 0 Å². The monoisotopic (exact) mass is 213 g/mol. The number of hydrogen-bond donors (Lipinski definition) is 1. The van der Waals surface area contributed by atoms with E-state index >= 15 is 0 Å². The summed E-state index contributed by atoms with van der Waals surface area (Å²) < 4.78 is 0. The number of allylic oxidation sites excluding steroid dienone is 8. The zero-order chi connectivity index (χ0) is 11.2. The molecule has 0 radical (unpaired) electrons. The highest BCUT2D eigenvalue weighted by Crippen LogP contribution is 2.29. The van der Waals surface area contributed by atoms with Gasteiger partial charge in [0.2, 0.25) is 0 Å². The average Bonchev–Trinajstić information content (AvgIpc) is 2.38. The first-order valence-electron chi connectivity index (χ1n) is 6.00. The summed E-state index contributed by atoms with van der Waals surface area (Å²) in [6.45, 7) is 3.03. The van der Waals surface area contributed by atoms with E-state index in [-0.39, 0.29) is 0 Å². The SMILES string of the molecule is CC=CCC1CC=CC=C1C1=CC=CCN1. The lowest BCUT2D eigenvalue weighted by Crippen LogP contribution is -2.21. The summed E-state index contributed by atoms with van der Waals surface area (Å²) in [4.78, 5) is 0. The van der Waals surface area contributed by atoms with E-state index in [9.17, 15) is 0 Å². The lowest BCUT2D eigenvalue weighted by Gasteiger charge is -2.24. The Morgan fingerprint density at radius 3 is 2.94 bits per heavy atom. The average molecular weight is 213 g/mol. The van der Waals surface area contributed by atoms with E-state index < -0.39 is 0 Å². The molecule has 1 aliphatic heterocycles. The molecule has 0 saturated carbocycles. The predicted octanol–water partition coefficient (Wildman–Crippen LogP) is 3.50. The predicted molar refractivity (Wildman–Crippen MR) is 70.0 cm³/mol. The summed E-state index contributed by atoms with van der Waals surface area (Å²) in [6, 6.07) is 0. The molecule has 0 fully saturated rings. The van der Waals surface area contributed by atoms with Crippen LogP contribution in [0.2, 0.25) is 0 Å². The summed E-state index contributed by atoms with van der Waals surface area (Å²) in [7, 11) is 0. The largest absolute Gasteiger partial charge is 0.381 e. The number of hydrogen-bond acceptors (Lipinski definition) is 1. The third kappa shape index (κ3) is 2.54. The zero-order valence-corrected chi connectivity index (χ0v) is 9.82. The first kappa shape index (κ1) is 11.0. The van der Waals surface area contributed by atoms with Gasteiger partial charge in [-0.25, -0.2) is 0 Å². The van der Waals surface area contributed by atoms with Crippen molar-refractivity contribution in [3.63, 3.8) is 0 Å². The Morgan fingerprint density at radius 2 is 2.19 bits per heavy atom. The van der Waals surface area contributed by atoms with Gasteiger partial charge in [-0.3, -0.25) is 0 Å². The van der Waals surface area contributed by atoms with E-state index in [1.165, 1.54) is 11.3 Å². The van der Waals surface area contributed by atoms with Crippen LogP contribution in [-0.4, -0.2) is 6.54 Å². The van der Waals surface area contributed by atoms with Crippen molar-refractivity contribution in [2.75, 3.05) is 6.54 Å². The number of rotatable bonds is 3. The van der Waals surface area contributed by atoms with E-state index in [4.69, 9.17) is 0 Å². The lowest BCUT2D eigenvalue weighted by atomic mass is 9.86. The Balaban J connectivity index is 2.15. The fourth-order valence-electron chi connectivity index (χ4n) is 2.17. The summed E-state index contributed by atoms with van der Waals surface area (Å²) >= 11 is 0. The second-order valence-corrected chi connectivity index (χ2v) is 4.18. The molecule has 1 atom stereocenters. The van der Waals surface area contributed by atoms with Crippen LogP contribution < -0.4 is 5.32 Å². The van der Waals surface area contributed by atoms with Gasteiger partial charge in [0.1, 0.15) is 0 Å². The molecule has 0 aromatic heterocycles. The normalized spacial score (nSPS) is 24.2. The van der Waals surface area contributed by atoms with Gasteiger partial charge in [0.25, 0.3) is 0 Å². The molecule has 1 heteroatoms. The van der Waals surface area contributed by atoms with Gasteiger partial charge in [-0.1, -0.05) is 42.5 Å². The highest BCUT2D eigenvalue weighted by atomic mass is 14.9. The van der Waals surface area contributed by atoms with Gasteiger partial charge in [-0.2, -0.15) is 0 Å². The van der Waals surface area contributed by atoms with Crippen molar-refractivity contribution in [1.82, 2.24) is 5.32 Å². The number of nitrogens with one attached hydrogen (secondary N) is 1. The van der Waals surface area contributed by atoms with E-state index in [0.717, 1.165) is 19.4 Å². The second kappa shape index (κ2) is 5.55. The highest BCUT2D eigenvalue weighted by molar-refractivity contribution is 5.40. The van der Waals surface area contributed by atoms with E-state index in [1.807, 2.05) is 0 Å². The standard InChI is InChI=1S/C15H19N/c1-2-3-8-13-9-4-5-10-14(13)15-11-6-7-12-16-15/h2-7,10-11,13,16H,8-9,12H2,1H3. The van der Waals surface area contributed by atoms with Crippen LogP contribution in [0.15, 0.2) is 59.9 Å². The maximum absolute atomic E-state index is 3.44. The third-order valence-electron chi connectivity index (χ3n) is 3.05. The van der Waals surface area contributed by atoms with Crippen LogP contribution in [0.25, 0.3) is 0 Å². The molecule has 1 aliphatic carbocycles. The second-order valence-electron chi connectivity index (χ2n) is 4.18. The van der Waals surface area contributed by atoms with Gasteiger partial charge in [0, 0.05) is 12.2 Å². The molecule has 2 aliphatic rings. The van der Waals surface area contributed by atoms with Crippen molar-refractivity contribution in [2.24, 2.45) is 5.92 Å². The van der Waals surface area contributed by atoms with Gasteiger partial charge in [-0.05, 0) is 37.3 Å². The summed E-state index contributed by atoms with van der Waals surface area (Å²) in [6.07, 6.45) is 19.8. The summed E-state index contributed by atoms with van der Waals surface area (Å²) in [5.74, 6) is 0.631. The maximum atomic E-state index is 3.44. The Kier molecular flexibility index (Phi) is 3.81. The van der Waals surface area contributed by atoms with Gasteiger partial charge >= 0.3 is 0 Å². The molecule has 16 heavy (non-hydrogen) atoms. The Bertz CT molecular complexity index is 380. The molecule has 1 unspecified atom stereocenters. The maximum Gasteiger partial charge on any atom is 0.0378 e. The van der Waals surface area contributed by atoms with Gasteiger partial charge in [-0.15, -0.1) is 0 Å². The molecule has 84 valence electrons. The minimum absolute atomic E-state index is 0.631. The first-order valence-corrected chi connectivity index (χ1v) is 6.00.